The second kappa shape index (κ2) is 6.75. The van der Waals surface area contributed by atoms with Crippen LogP contribution in [0.3, 0.4) is 0 Å². The average Bonchev–Trinajstić information content (AvgIpc) is 3.00. The average molecular weight is 329 g/mol. The number of carbonyl (C=O) groups excluding carboxylic acids is 1. The van der Waals surface area contributed by atoms with E-state index in [0.717, 1.165) is 11.1 Å². The van der Waals surface area contributed by atoms with Crippen LogP contribution in [0, 0.1) is 6.92 Å². The number of aliphatic hydroxyl groups is 1. The Labute approximate surface area is 141 Å². The Hall–Kier alpha value is -2.18. The molecule has 1 amide bonds. The molecule has 0 aliphatic carbocycles. The van der Waals surface area contributed by atoms with Gasteiger partial charge in [0, 0.05) is 32.4 Å². The molecule has 1 fully saturated rings. The van der Waals surface area contributed by atoms with Crippen molar-refractivity contribution < 1.29 is 14.6 Å². The summed E-state index contributed by atoms with van der Waals surface area (Å²) in [6.45, 7) is 3.16. The highest BCUT2D eigenvalue weighted by Crippen LogP contribution is 2.24. The van der Waals surface area contributed by atoms with Crippen LogP contribution in [0.4, 0.5) is 0 Å². The number of aliphatic hydroxyl groups excluding tert-OH is 1. The molecule has 1 aromatic carbocycles. The summed E-state index contributed by atoms with van der Waals surface area (Å²) in [7, 11) is 1.80. The van der Waals surface area contributed by atoms with Crippen molar-refractivity contribution in [2.75, 3.05) is 26.3 Å². The number of morpholine rings is 1. The molecule has 128 valence electrons. The van der Waals surface area contributed by atoms with E-state index in [2.05, 4.69) is 11.1 Å². The quantitative estimate of drug-likeness (QED) is 0.914. The molecule has 1 N–H and O–H groups in total. The summed E-state index contributed by atoms with van der Waals surface area (Å²) in [5.74, 6) is 0.271. The van der Waals surface area contributed by atoms with Crippen LogP contribution in [0.5, 0.6) is 0 Å². The Balaban J connectivity index is 1.79. The second-order valence-electron chi connectivity index (χ2n) is 6.44. The second-order valence-corrected chi connectivity index (χ2v) is 6.44. The minimum absolute atomic E-state index is 0.132. The van der Waals surface area contributed by atoms with E-state index in [4.69, 9.17) is 4.74 Å². The van der Waals surface area contributed by atoms with Gasteiger partial charge in [-0.25, -0.2) is 4.98 Å². The molecule has 0 saturated carbocycles. The van der Waals surface area contributed by atoms with Crippen molar-refractivity contribution in [2.24, 2.45) is 7.05 Å². The first-order valence-electron chi connectivity index (χ1n) is 8.10. The van der Waals surface area contributed by atoms with Gasteiger partial charge in [-0.2, -0.15) is 0 Å². The Morgan fingerprint density at radius 3 is 2.96 bits per heavy atom. The van der Waals surface area contributed by atoms with E-state index in [1.165, 1.54) is 0 Å². The predicted octanol–water partition coefficient (Wildman–Crippen LogP) is 1.17. The van der Waals surface area contributed by atoms with Crippen molar-refractivity contribution in [3.05, 3.63) is 53.6 Å². The summed E-state index contributed by atoms with van der Waals surface area (Å²) in [6, 6.07) is 8.14. The van der Waals surface area contributed by atoms with Gasteiger partial charge < -0.3 is 19.3 Å². The van der Waals surface area contributed by atoms with Crippen molar-refractivity contribution in [1.29, 1.82) is 0 Å². The Morgan fingerprint density at radius 2 is 2.29 bits per heavy atom. The molecule has 2 aromatic rings. The highest BCUT2D eigenvalue weighted by molar-refractivity contribution is 5.91. The smallest absolute Gasteiger partial charge is 0.290 e. The van der Waals surface area contributed by atoms with E-state index in [1.807, 2.05) is 25.1 Å². The molecule has 1 aliphatic rings. The largest absolute Gasteiger partial charge is 0.393 e. The third kappa shape index (κ3) is 3.34. The van der Waals surface area contributed by atoms with Crippen LogP contribution < -0.4 is 0 Å². The molecular weight excluding hydrogens is 306 g/mol. The lowest BCUT2D eigenvalue weighted by molar-refractivity contribution is -0.123. The van der Waals surface area contributed by atoms with E-state index < -0.39 is 5.60 Å². The van der Waals surface area contributed by atoms with Gasteiger partial charge in [-0.3, -0.25) is 4.79 Å². The molecule has 1 unspecified atom stereocenters. The van der Waals surface area contributed by atoms with Crippen molar-refractivity contribution >= 4 is 5.91 Å². The highest BCUT2D eigenvalue weighted by atomic mass is 16.5. The van der Waals surface area contributed by atoms with E-state index in [-0.39, 0.29) is 12.5 Å². The maximum absolute atomic E-state index is 12.7. The fourth-order valence-electron chi connectivity index (χ4n) is 3.18. The van der Waals surface area contributed by atoms with Crippen LogP contribution >= 0.6 is 0 Å². The summed E-state index contributed by atoms with van der Waals surface area (Å²) in [5.41, 5.74) is 1.49. The number of benzene rings is 1. The van der Waals surface area contributed by atoms with Gasteiger partial charge in [0.1, 0.15) is 5.60 Å². The molecule has 6 heteroatoms. The zero-order chi connectivity index (χ0) is 17.2. The number of hydrogen-bond donors (Lipinski definition) is 1. The molecule has 24 heavy (non-hydrogen) atoms. The van der Waals surface area contributed by atoms with Crippen LogP contribution in [-0.4, -0.2) is 57.4 Å². The molecule has 1 saturated heterocycles. The lowest BCUT2D eigenvalue weighted by Gasteiger charge is -2.41. The first kappa shape index (κ1) is 16.7. The number of nitrogens with zero attached hydrogens (tertiary/aromatic N) is 3. The minimum Gasteiger partial charge on any atom is -0.393 e. The monoisotopic (exact) mass is 329 g/mol. The normalized spacial score (nSPS) is 21.0. The van der Waals surface area contributed by atoms with Crippen LogP contribution in [0.2, 0.25) is 0 Å². The van der Waals surface area contributed by atoms with E-state index in [9.17, 15) is 9.90 Å². The molecule has 1 aromatic heterocycles. The summed E-state index contributed by atoms with van der Waals surface area (Å²) in [6.07, 6.45) is 3.93. The molecule has 2 heterocycles. The lowest BCUT2D eigenvalue weighted by atomic mass is 9.92. The Morgan fingerprint density at radius 1 is 1.46 bits per heavy atom. The number of aryl methyl sites for hydroxylation is 2. The molecular formula is C18H23N3O3. The van der Waals surface area contributed by atoms with Gasteiger partial charge in [-0.1, -0.05) is 29.8 Å². The molecule has 0 spiro atoms. The highest BCUT2D eigenvalue weighted by Gasteiger charge is 2.39. The number of ether oxygens (including phenoxy) is 1. The van der Waals surface area contributed by atoms with Gasteiger partial charge in [0.05, 0.1) is 19.8 Å². The fraction of sp³-hybridized carbons (Fsp3) is 0.444. The number of hydrogen-bond acceptors (Lipinski definition) is 4. The lowest BCUT2D eigenvalue weighted by Crippen LogP contribution is -2.57. The molecule has 1 aliphatic heterocycles. The van der Waals surface area contributed by atoms with Gasteiger partial charge in [-0.15, -0.1) is 0 Å². The maximum Gasteiger partial charge on any atom is 0.290 e. The maximum atomic E-state index is 12.7. The summed E-state index contributed by atoms with van der Waals surface area (Å²) < 4.78 is 7.62. The predicted molar refractivity (Wildman–Crippen MR) is 89.8 cm³/mol. The molecule has 6 nitrogen and oxygen atoms in total. The molecule has 0 bridgehead atoms. The van der Waals surface area contributed by atoms with Gasteiger partial charge in [0.25, 0.3) is 5.91 Å². The zero-order valence-electron chi connectivity index (χ0n) is 14.1. The van der Waals surface area contributed by atoms with E-state index in [0.29, 0.717) is 31.9 Å². The molecule has 0 radical (unpaired) electrons. The van der Waals surface area contributed by atoms with Crippen molar-refractivity contribution in [2.45, 2.75) is 18.9 Å². The van der Waals surface area contributed by atoms with Crippen molar-refractivity contribution in [3.63, 3.8) is 0 Å². The van der Waals surface area contributed by atoms with E-state index in [1.54, 1.807) is 28.9 Å². The number of amides is 1. The standard InChI is InChI=1S/C18H23N3O3/c1-14-4-3-5-15(10-14)11-18(13-22)12-21(8-9-24-18)17(23)16-19-6-7-20(16)2/h3-7,10,22H,8-9,11-13H2,1-2H3. The first-order chi connectivity index (χ1) is 11.5. The molecule has 3 rings (SSSR count). The number of carbonyl (C=O) groups is 1. The minimum atomic E-state index is -0.771. The number of aromatic nitrogens is 2. The van der Waals surface area contributed by atoms with Gasteiger partial charge >= 0.3 is 0 Å². The van der Waals surface area contributed by atoms with Gasteiger partial charge in [0.15, 0.2) is 5.82 Å². The van der Waals surface area contributed by atoms with Gasteiger partial charge in [0.2, 0.25) is 0 Å². The molecule has 1 atom stereocenters. The first-order valence-corrected chi connectivity index (χ1v) is 8.10. The third-order valence-corrected chi connectivity index (χ3v) is 4.45. The fourth-order valence-corrected chi connectivity index (χ4v) is 3.18. The summed E-state index contributed by atoms with van der Waals surface area (Å²) in [4.78, 5) is 18.5. The topological polar surface area (TPSA) is 67.6 Å². The summed E-state index contributed by atoms with van der Waals surface area (Å²) >= 11 is 0. The van der Waals surface area contributed by atoms with Crippen LogP contribution in [0.25, 0.3) is 0 Å². The van der Waals surface area contributed by atoms with Crippen LogP contribution in [-0.2, 0) is 18.2 Å². The third-order valence-electron chi connectivity index (χ3n) is 4.45. The number of imidazole rings is 1. The zero-order valence-corrected chi connectivity index (χ0v) is 14.1. The van der Waals surface area contributed by atoms with E-state index >= 15 is 0 Å². The van der Waals surface area contributed by atoms with Crippen LogP contribution in [0.1, 0.15) is 21.7 Å². The van der Waals surface area contributed by atoms with Gasteiger partial charge in [-0.05, 0) is 12.5 Å². The Bertz CT molecular complexity index is 728. The van der Waals surface area contributed by atoms with Crippen molar-refractivity contribution in [1.82, 2.24) is 14.5 Å². The SMILES string of the molecule is Cc1cccc(CC2(CO)CN(C(=O)c3nccn3C)CCO2)c1. The Kier molecular flexibility index (Phi) is 4.69. The number of rotatable bonds is 4. The summed E-state index contributed by atoms with van der Waals surface area (Å²) in [5, 5.41) is 9.97. The van der Waals surface area contributed by atoms with Crippen LogP contribution in [0.15, 0.2) is 36.7 Å². The van der Waals surface area contributed by atoms with Crippen molar-refractivity contribution in [3.8, 4) is 0 Å².